The molecule has 1 aromatic carbocycles. The van der Waals surface area contributed by atoms with Crippen molar-refractivity contribution in [2.45, 2.75) is 6.42 Å². The van der Waals surface area contributed by atoms with Crippen LogP contribution < -0.4 is 0 Å². The number of hydrogen-bond acceptors (Lipinski definition) is 2. The van der Waals surface area contributed by atoms with Crippen LogP contribution in [0.5, 0.6) is 0 Å². The SMILES string of the molecule is O=C(c1ccc(Br)cc1)N1CCCO1. The van der Waals surface area contributed by atoms with Gasteiger partial charge in [0.1, 0.15) is 0 Å². The van der Waals surface area contributed by atoms with Crippen molar-refractivity contribution in [1.82, 2.24) is 5.06 Å². The molecule has 0 saturated carbocycles. The summed E-state index contributed by atoms with van der Waals surface area (Å²) in [6.45, 7) is 1.33. The quantitative estimate of drug-likeness (QED) is 0.771. The molecule has 74 valence electrons. The number of rotatable bonds is 1. The molecule has 1 aliphatic rings. The van der Waals surface area contributed by atoms with Gasteiger partial charge in [0, 0.05) is 10.0 Å². The Hall–Kier alpha value is -0.870. The lowest BCUT2D eigenvalue weighted by Crippen LogP contribution is -2.26. The van der Waals surface area contributed by atoms with Crippen molar-refractivity contribution in [3.05, 3.63) is 34.3 Å². The van der Waals surface area contributed by atoms with Gasteiger partial charge in [-0.1, -0.05) is 15.9 Å². The summed E-state index contributed by atoms with van der Waals surface area (Å²) < 4.78 is 0.969. The van der Waals surface area contributed by atoms with Gasteiger partial charge in [-0.05, 0) is 30.7 Å². The molecule has 0 bridgehead atoms. The standard InChI is InChI=1S/C10H10BrNO2/c11-9-4-2-8(3-5-9)10(13)12-6-1-7-14-12/h2-5H,1,6-7H2. The van der Waals surface area contributed by atoms with Crippen molar-refractivity contribution in [3.63, 3.8) is 0 Å². The lowest BCUT2D eigenvalue weighted by Gasteiger charge is -2.13. The van der Waals surface area contributed by atoms with Crippen LogP contribution in [-0.2, 0) is 4.84 Å². The fraction of sp³-hybridized carbons (Fsp3) is 0.300. The smallest absolute Gasteiger partial charge is 0.271 e. The molecule has 0 aromatic heterocycles. The first kappa shape index (κ1) is 9.68. The molecule has 4 heteroatoms. The summed E-state index contributed by atoms with van der Waals surface area (Å²) in [5, 5.41) is 1.42. The van der Waals surface area contributed by atoms with Crippen LogP contribution in [-0.4, -0.2) is 24.1 Å². The first-order valence-electron chi connectivity index (χ1n) is 4.48. The Morgan fingerprint density at radius 1 is 1.36 bits per heavy atom. The zero-order valence-corrected chi connectivity index (χ0v) is 9.16. The third-order valence-corrected chi connectivity index (χ3v) is 2.60. The van der Waals surface area contributed by atoms with E-state index < -0.39 is 0 Å². The minimum Gasteiger partial charge on any atom is -0.271 e. The Morgan fingerprint density at radius 2 is 2.07 bits per heavy atom. The maximum atomic E-state index is 11.7. The van der Waals surface area contributed by atoms with E-state index in [2.05, 4.69) is 15.9 Å². The van der Waals surface area contributed by atoms with Crippen molar-refractivity contribution in [1.29, 1.82) is 0 Å². The van der Waals surface area contributed by atoms with E-state index in [0.717, 1.165) is 10.9 Å². The average molecular weight is 256 g/mol. The molecule has 1 fully saturated rings. The van der Waals surface area contributed by atoms with Crippen LogP contribution in [0.15, 0.2) is 28.7 Å². The molecular formula is C10H10BrNO2. The number of carbonyl (C=O) groups is 1. The Bertz CT molecular complexity index is 330. The number of carbonyl (C=O) groups excluding carboxylic acids is 1. The largest absolute Gasteiger partial charge is 0.277 e. The second-order valence-corrected chi connectivity index (χ2v) is 4.02. The molecular weight excluding hydrogens is 246 g/mol. The van der Waals surface area contributed by atoms with E-state index in [9.17, 15) is 4.79 Å². The third-order valence-electron chi connectivity index (χ3n) is 2.07. The molecule has 2 rings (SSSR count). The molecule has 0 unspecified atom stereocenters. The van der Waals surface area contributed by atoms with Gasteiger partial charge in [-0.15, -0.1) is 0 Å². The monoisotopic (exact) mass is 255 g/mol. The zero-order chi connectivity index (χ0) is 9.97. The number of hydrogen-bond donors (Lipinski definition) is 0. The Balaban J connectivity index is 2.14. The van der Waals surface area contributed by atoms with E-state index in [-0.39, 0.29) is 5.91 Å². The van der Waals surface area contributed by atoms with Gasteiger partial charge in [-0.3, -0.25) is 9.63 Å². The first-order valence-corrected chi connectivity index (χ1v) is 5.27. The van der Waals surface area contributed by atoms with Crippen LogP contribution in [0.4, 0.5) is 0 Å². The molecule has 0 atom stereocenters. The van der Waals surface area contributed by atoms with Crippen LogP contribution in [0.2, 0.25) is 0 Å². The van der Waals surface area contributed by atoms with Gasteiger partial charge in [0.2, 0.25) is 0 Å². The van der Waals surface area contributed by atoms with E-state index in [1.54, 1.807) is 12.1 Å². The van der Waals surface area contributed by atoms with Gasteiger partial charge in [-0.25, -0.2) is 5.06 Å². The number of hydroxylamine groups is 2. The lowest BCUT2D eigenvalue weighted by molar-refractivity contribution is -0.0768. The third kappa shape index (κ3) is 1.96. The van der Waals surface area contributed by atoms with E-state index in [1.807, 2.05) is 12.1 Å². The minimum atomic E-state index is -0.0602. The Morgan fingerprint density at radius 3 is 2.64 bits per heavy atom. The predicted molar refractivity (Wildman–Crippen MR) is 55.7 cm³/mol. The highest BCUT2D eigenvalue weighted by Gasteiger charge is 2.20. The van der Waals surface area contributed by atoms with E-state index in [4.69, 9.17) is 4.84 Å². The summed E-state index contributed by atoms with van der Waals surface area (Å²) in [7, 11) is 0. The fourth-order valence-corrected chi connectivity index (χ4v) is 1.61. The highest BCUT2D eigenvalue weighted by molar-refractivity contribution is 9.10. The summed E-state index contributed by atoms with van der Waals surface area (Å²) in [6.07, 6.45) is 0.919. The molecule has 14 heavy (non-hydrogen) atoms. The van der Waals surface area contributed by atoms with Gasteiger partial charge in [0.15, 0.2) is 0 Å². The zero-order valence-electron chi connectivity index (χ0n) is 7.57. The fourth-order valence-electron chi connectivity index (χ4n) is 1.34. The molecule has 3 nitrogen and oxygen atoms in total. The van der Waals surface area contributed by atoms with Crippen molar-refractivity contribution in [3.8, 4) is 0 Å². The summed E-state index contributed by atoms with van der Waals surface area (Å²) in [4.78, 5) is 16.9. The van der Waals surface area contributed by atoms with Crippen molar-refractivity contribution in [2.24, 2.45) is 0 Å². The Labute approximate surface area is 90.7 Å². The second-order valence-electron chi connectivity index (χ2n) is 3.10. The summed E-state index contributed by atoms with van der Waals surface area (Å²) in [5.74, 6) is -0.0602. The Kier molecular flexibility index (Phi) is 2.84. The van der Waals surface area contributed by atoms with Crippen molar-refractivity contribution >= 4 is 21.8 Å². The van der Waals surface area contributed by atoms with Crippen LogP contribution in [0.25, 0.3) is 0 Å². The molecule has 0 aliphatic carbocycles. The van der Waals surface area contributed by atoms with Crippen LogP contribution >= 0.6 is 15.9 Å². The summed E-state index contributed by atoms with van der Waals surface area (Å²) >= 11 is 3.32. The van der Waals surface area contributed by atoms with Crippen molar-refractivity contribution in [2.75, 3.05) is 13.2 Å². The minimum absolute atomic E-state index is 0.0602. The van der Waals surface area contributed by atoms with Crippen LogP contribution in [0.3, 0.4) is 0 Å². The van der Waals surface area contributed by atoms with Crippen molar-refractivity contribution < 1.29 is 9.63 Å². The highest BCUT2D eigenvalue weighted by Crippen LogP contribution is 2.14. The first-order chi connectivity index (χ1) is 6.77. The number of nitrogens with zero attached hydrogens (tertiary/aromatic N) is 1. The maximum absolute atomic E-state index is 11.7. The molecule has 1 heterocycles. The van der Waals surface area contributed by atoms with Gasteiger partial charge in [0.05, 0.1) is 13.2 Å². The molecule has 1 saturated heterocycles. The van der Waals surface area contributed by atoms with E-state index in [1.165, 1.54) is 5.06 Å². The number of halogens is 1. The van der Waals surface area contributed by atoms with E-state index in [0.29, 0.717) is 18.7 Å². The number of amides is 1. The maximum Gasteiger partial charge on any atom is 0.277 e. The molecule has 0 radical (unpaired) electrons. The van der Waals surface area contributed by atoms with Crippen LogP contribution in [0.1, 0.15) is 16.8 Å². The van der Waals surface area contributed by atoms with Gasteiger partial charge < -0.3 is 0 Å². The lowest BCUT2D eigenvalue weighted by atomic mass is 10.2. The van der Waals surface area contributed by atoms with Gasteiger partial charge in [-0.2, -0.15) is 0 Å². The highest BCUT2D eigenvalue weighted by atomic mass is 79.9. The molecule has 1 aliphatic heterocycles. The molecule has 1 amide bonds. The predicted octanol–water partition coefficient (Wildman–Crippen LogP) is 2.23. The second kappa shape index (κ2) is 4.11. The summed E-state index contributed by atoms with van der Waals surface area (Å²) in [5.41, 5.74) is 0.662. The normalized spacial score (nSPS) is 15.9. The molecule has 1 aromatic rings. The summed E-state index contributed by atoms with van der Waals surface area (Å²) in [6, 6.07) is 7.27. The van der Waals surface area contributed by atoms with Gasteiger partial charge >= 0.3 is 0 Å². The molecule has 0 N–H and O–H groups in total. The van der Waals surface area contributed by atoms with E-state index >= 15 is 0 Å². The number of benzene rings is 1. The average Bonchev–Trinajstić information content (AvgIpc) is 2.71. The molecule has 0 spiro atoms. The van der Waals surface area contributed by atoms with Crippen LogP contribution in [0, 0.1) is 0 Å². The topological polar surface area (TPSA) is 29.5 Å². The van der Waals surface area contributed by atoms with Gasteiger partial charge in [0.25, 0.3) is 5.91 Å².